The third-order valence-corrected chi connectivity index (χ3v) is 7.10. The number of carbonyl (C=O) groups excluding carboxylic acids is 1. The molecule has 0 aliphatic carbocycles. The van der Waals surface area contributed by atoms with Crippen molar-refractivity contribution in [3.63, 3.8) is 0 Å². The number of aryl methyl sites for hydroxylation is 1. The first kappa shape index (κ1) is 20.1. The molecule has 6 heteroatoms. The zero-order chi connectivity index (χ0) is 22.4. The van der Waals surface area contributed by atoms with Gasteiger partial charge >= 0.3 is 0 Å². The Labute approximate surface area is 193 Å². The van der Waals surface area contributed by atoms with E-state index in [0.717, 1.165) is 37.1 Å². The van der Waals surface area contributed by atoms with Crippen LogP contribution < -0.4 is 5.32 Å². The summed E-state index contributed by atoms with van der Waals surface area (Å²) in [4.78, 5) is 27.1. The van der Waals surface area contributed by atoms with E-state index in [2.05, 4.69) is 45.4 Å². The van der Waals surface area contributed by atoms with Crippen LogP contribution in [0.5, 0.6) is 0 Å². The molecule has 6 rings (SSSR count). The molecule has 6 nitrogen and oxygen atoms in total. The van der Waals surface area contributed by atoms with E-state index in [9.17, 15) is 4.79 Å². The van der Waals surface area contributed by atoms with Gasteiger partial charge in [-0.3, -0.25) is 9.78 Å². The number of rotatable bonds is 3. The monoisotopic (exact) mass is 437 g/mol. The molecule has 2 N–H and O–H groups in total. The Morgan fingerprint density at radius 1 is 1.15 bits per heavy atom. The Bertz CT molecular complexity index is 1340. The van der Waals surface area contributed by atoms with Gasteiger partial charge in [0.05, 0.1) is 0 Å². The molecule has 4 aromatic rings. The van der Waals surface area contributed by atoms with Gasteiger partial charge in [0.2, 0.25) is 0 Å². The number of aromatic nitrogens is 3. The number of benzene rings is 1. The van der Waals surface area contributed by atoms with Crippen molar-refractivity contribution in [2.24, 2.45) is 0 Å². The SMILES string of the molecule is Cc1c[nH]c2ncc(-c3cc4c(c([C@@H]5CCCN5)c3)CN(C(=O)c3ccncc3)CC4)cc12. The van der Waals surface area contributed by atoms with Crippen LogP contribution in [0.3, 0.4) is 0 Å². The molecule has 33 heavy (non-hydrogen) atoms. The molecule has 0 saturated carbocycles. The summed E-state index contributed by atoms with van der Waals surface area (Å²) in [5, 5.41) is 4.85. The maximum atomic E-state index is 13.1. The lowest BCUT2D eigenvalue weighted by molar-refractivity contribution is 0.0734. The van der Waals surface area contributed by atoms with Gasteiger partial charge in [0.1, 0.15) is 5.65 Å². The number of H-pyrrole nitrogens is 1. The molecule has 1 atom stereocenters. The van der Waals surface area contributed by atoms with Crippen LogP contribution >= 0.6 is 0 Å². The minimum Gasteiger partial charge on any atom is -0.346 e. The number of fused-ring (bicyclic) bond motifs is 2. The summed E-state index contributed by atoms with van der Waals surface area (Å²) in [6, 6.07) is 10.8. The minimum absolute atomic E-state index is 0.0787. The molecule has 0 unspecified atom stereocenters. The van der Waals surface area contributed by atoms with E-state index in [1.54, 1.807) is 24.5 Å². The van der Waals surface area contributed by atoms with E-state index in [0.29, 0.717) is 18.2 Å². The highest BCUT2D eigenvalue weighted by molar-refractivity contribution is 5.94. The summed E-state index contributed by atoms with van der Waals surface area (Å²) in [7, 11) is 0. The third kappa shape index (κ3) is 3.60. The highest BCUT2D eigenvalue weighted by Gasteiger charge is 2.28. The van der Waals surface area contributed by atoms with Gasteiger partial charge in [-0.1, -0.05) is 6.07 Å². The van der Waals surface area contributed by atoms with Crippen LogP contribution in [0, 0.1) is 6.92 Å². The first-order chi connectivity index (χ1) is 16.2. The molecule has 1 aromatic carbocycles. The summed E-state index contributed by atoms with van der Waals surface area (Å²) >= 11 is 0. The van der Waals surface area contributed by atoms with E-state index in [4.69, 9.17) is 0 Å². The van der Waals surface area contributed by atoms with Crippen molar-refractivity contribution >= 4 is 16.9 Å². The summed E-state index contributed by atoms with van der Waals surface area (Å²) in [6.45, 7) is 4.53. The second-order valence-electron chi connectivity index (χ2n) is 9.16. The Morgan fingerprint density at radius 3 is 2.85 bits per heavy atom. The van der Waals surface area contributed by atoms with Crippen LogP contribution in [0.2, 0.25) is 0 Å². The summed E-state index contributed by atoms with van der Waals surface area (Å²) < 4.78 is 0. The molecule has 3 aromatic heterocycles. The van der Waals surface area contributed by atoms with Crippen molar-refractivity contribution in [2.75, 3.05) is 13.1 Å². The molecule has 1 saturated heterocycles. The first-order valence-electron chi connectivity index (χ1n) is 11.7. The predicted molar refractivity (Wildman–Crippen MR) is 129 cm³/mol. The molecule has 166 valence electrons. The minimum atomic E-state index is 0.0787. The van der Waals surface area contributed by atoms with Crippen molar-refractivity contribution in [1.29, 1.82) is 0 Å². The number of aromatic amines is 1. The lowest BCUT2D eigenvalue weighted by Gasteiger charge is -2.32. The van der Waals surface area contributed by atoms with Crippen LogP contribution in [0.25, 0.3) is 22.2 Å². The Morgan fingerprint density at radius 2 is 2.03 bits per heavy atom. The second kappa shape index (κ2) is 8.12. The lowest BCUT2D eigenvalue weighted by atomic mass is 9.87. The molecule has 2 aliphatic heterocycles. The average molecular weight is 438 g/mol. The number of pyridine rings is 2. The average Bonchev–Trinajstić information content (AvgIpc) is 3.53. The Hall–Kier alpha value is -3.51. The van der Waals surface area contributed by atoms with Gasteiger partial charge in [-0.25, -0.2) is 4.98 Å². The fraction of sp³-hybridized carbons (Fsp3) is 0.296. The maximum absolute atomic E-state index is 13.1. The number of nitrogens with zero attached hydrogens (tertiary/aromatic N) is 3. The van der Waals surface area contributed by atoms with Crippen LogP contribution in [-0.2, 0) is 13.0 Å². The highest BCUT2D eigenvalue weighted by Crippen LogP contribution is 2.36. The predicted octanol–water partition coefficient (Wildman–Crippen LogP) is 4.56. The summed E-state index contributed by atoms with van der Waals surface area (Å²) in [6.07, 6.45) is 10.5. The van der Waals surface area contributed by atoms with E-state index < -0.39 is 0 Å². The number of hydrogen-bond acceptors (Lipinski definition) is 4. The standard InChI is InChI=1S/C27H27N5O/c1-17-14-30-26-22(17)13-21(15-31-26)20-11-19-6-10-32(27(33)18-4-8-28-9-5-18)16-24(19)23(12-20)25-3-2-7-29-25/h4-5,8-9,11-15,25,29H,2-3,6-7,10,16H2,1H3,(H,30,31)/t25-/m0/s1. The highest BCUT2D eigenvalue weighted by atomic mass is 16.2. The lowest BCUT2D eigenvalue weighted by Crippen LogP contribution is -2.37. The normalized spacial score (nSPS) is 18.0. The fourth-order valence-corrected chi connectivity index (χ4v) is 5.27. The zero-order valence-corrected chi connectivity index (χ0v) is 18.8. The van der Waals surface area contributed by atoms with Gasteiger partial charge in [0, 0.05) is 60.4 Å². The quantitative estimate of drug-likeness (QED) is 0.493. The molecule has 0 radical (unpaired) electrons. The maximum Gasteiger partial charge on any atom is 0.254 e. The van der Waals surface area contributed by atoms with Crippen LogP contribution in [-0.4, -0.2) is 38.8 Å². The third-order valence-electron chi connectivity index (χ3n) is 7.10. The van der Waals surface area contributed by atoms with Gasteiger partial charge in [0.15, 0.2) is 0 Å². The molecule has 1 amide bonds. The topological polar surface area (TPSA) is 73.9 Å². The summed E-state index contributed by atoms with van der Waals surface area (Å²) in [5.74, 6) is 0.0787. The Kier molecular flexibility index (Phi) is 4.95. The number of nitrogens with one attached hydrogen (secondary N) is 2. The van der Waals surface area contributed by atoms with Crippen LogP contribution in [0.4, 0.5) is 0 Å². The fourth-order valence-electron chi connectivity index (χ4n) is 5.27. The van der Waals surface area contributed by atoms with Crippen molar-refractivity contribution < 1.29 is 4.79 Å². The number of amides is 1. The van der Waals surface area contributed by atoms with Crippen molar-refractivity contribution in [2.45, 2.75) is 38.8 Å². The van der Waals surface area contributed by atoms with E-state index in [1.165, 1.54) is 39.6 Å². The zero-order valence-electron chi connectivity index (χ0n) is 18.8. The molecule has 0 bridgehead atoms. The summed E-state index contributed by atoms with van der Waals surface area (Å²) in [5.41, 5.74) is 9.17. The van der Waals surface area contributed by atoms with Crippen molar-refractivity contribution in [1.82, 2.24) is 25.2 Å². The molecule has 5 heterocycles. The molecule has 0 spiro atoms. The van der Waals surface area contributed by atoms with Crippen LogP contribution in [0.15, 0.2) is 55.1 Å². The van der Waals surface area contributed by atoms with E-state index in [1.807, 2.05) is 17.3 Å². The number of hydrogen-bond donors (Lipinski definition) is 2. The van der Waals surface area contributed by atoms with Gasteiger partial charge in [0.25, 0.3) is 5.91 Å². The van der Waals surface area contributed by atoms with Crippen molar-refractivity contribution in [3.8, 4) is 11.1 Å². The largest absolute Gasteiger partial charge is 0.346 e. The van der Waals surface area contributed by atoms with E-state index in [-0.39, 0.29) is 5.91 Å². The van der Waals surface area contributed by atoms with Gasteiger partial charge in [-0.2, -0.15) is 0 Å². The second-order valence-corrected chi connectivity index (χ2v) is 9.16. The molecular weight excluding hydrogens is 410 g/mol. The van der Waals surface area contributed by atoms with Gasteiger partial charge in [-0.05, 0) is 84.8 Å². The number of carbonyl (C=O) groups is 1. The molecular formula is C27H27N5O. The van der Waals surface area contributed by atoms with E-state index >= 15 is 0 Å². The molecule has 2 aliphatic rings. The first-order valence-corrected chi connectivity index (χ1v) is 11.7. The van der Waals surface area contributed by atoms with Crippen molar-refractivity contribution in [3.05, 3.63) is 82.9 Å². The molecule has 1 fully saturated rings. The van der Waals surface area contributed by atoms with Gasteiger partial charge in [-0.15, -0.1) is 0 Å². The smallest absolute Gasteiger partial charge is 0.254 e. The van der Waals surface area contributed by atoms with Crippen LogP contribution in [0.1, 0.15) is 51.5 Å². The Balaban J connectivity index is 1.41. The van der Waals surface area contributed by atoms with Gasteiger partial charge < -0.3 is 15.2 Å².